The molecule has 0 atom stereocenters. The molecular weight excluding hydrogens is 414 g/mol. The molecule has 0 saturated carbocycles. The number of aryl methyl sites for hydroxylation is 1. The van der Waals surface area contributed by atoms with E-state index in [4.69, 9.17) is 4.74 Å². The zero-order chi connectivity index (χ0) is 22.2. The largest absolute Gasteiger partial charge is 0.496 e. The summed E-state index contributed by atoms with van der Waals surface area (Å²) in [7, 11) is 1.53. The molecule has 0 aliphatic heterocycles. The van der Waals surface area contributed by atoms with Gasteiger partial charge in [-0.25, -0.2) is 0 Å². The Labute approximate surface area is 185 Å². The van der Waals surface area contributed by atoms with Crippen LogP contribution in [0.2, 0.25) is 0 Å². The summed E-state index contributed by atoms with van der Waals surface area (Å²) in [6, 6.07) is 14.7. The van der Waals surface area contributed by atoms with E-state index in [0.29, 0.717) is 28.8 Å². The highest BCUT2D eigenvalue weighted by molar-refractivity contribution is 7.99. The van der Waals surface area contributed by atoms with Crippen LogP contribution in [0.25, 0.3) is 0 Å². The molecule has 0 fully saturated rings. The van der Waals surface area contributed by atoms with Gasteiger partial charge in [-0.05, 0) is 37.6 Å². The Morgan fingerprint density at radius 1 is 1.10 bits per heavy atom. The molecule has 0 unspecified atom stereocenters. The molecule has 0 saturated heterocycles. The van der Waals surface area contributed by atoms with E-state index in [-0.39, 0.29) is 24.1 Å². The van der Waals surface area contributed by atoms with Gasteiger partial charge in [-0.1, -0.05) is 42.1 Å². The first-order valence-corrected chi connectivity index (χ1v) is 10.8. The van der Waals surface area contributed by atoms with Crippen LogP contribution in [0.15, 0.2) is 53.7 Å². The van der Waals surface area contributed by atoms with E-state index in [1.807, 2.05) is 48.7 Å². The number of hydrogen-bond donors (Lipinski definition) is 2. The maximum atomic E-state index is 12.5. The van der Waals surface area contributed by atoms with Crippen LogP contribution in [0.4, 0.5) is 5.69 Å². The number of thioether (sulfide) groups is 1. The Morgan fingerprint density at radius 2 is 1.84 bits per heavy atom. The lowest BCUT2D eigenvalue weighted by Gasteiger charge is -2.10. The first-order chi connectivity index (χ1) is 15.0. The van der Waals surface area contributed by atoms with E-state index < -0.39 is 0 Å². The van der Waals surface area contributed by atoms with Crippen molar-refractivity contribution < 1.29 is 14.3 Å². The number of hydrogen-bond acceptors (Lipinski definition) is 6. The second kappa shape index (κ2) is 10.6. The number of para-hydroxylation sites is 2. The number of anilines is 1. The van der Waals surface area contributed by atoms with E-state index in [2.05, 4.69) is 20.8 Å². The molecule has 8 nitrogen and oxygen atoms in total. The fraction of sp³-hybridized carbons (Fsp3) is 0.273. The van der Waals surface area contributed by atoms with Crippen molar-refractivity contribution in [1.82, 2.24) is 20.1 Å². The molecule has 2 amide bonds. The summed E-state index contributed by atoms with van der Waals surface area (Å²) >= 11 is 1.31. The van der Waals surface area contributed by atoms with Crippen molar-refractivity contribution in [2.45, 2.75) is 32.1 Å². The van der Waals surface area contributed by atoms with Crippen molar-refractivity contribution in [2.24, 2.45) is 0 Å². The Hall–Kier alpha value is -3.33. The van der Waals surface area contributed by atoms with Gasteiger partial charge < -0.3 is 19.9 Å². The number of aromatic nitrogens is 3. The predicted octanol–water partition coefficient (Wildman–Crippen LogP) is 3.28. The summed E-state index contributed by atoms with van der Waals surface area (Å²) < 4.78 is 7.12. The quantitative estimate of drug-likeness (QED) is 0.497. The van der Waals surface area contributed by atoms with Crippen molar-refractivity contribution in [2.75, 3.05) is 18.2 Å². The highest BCUT2D eigenvalue weighted by Crippen LogP contribution is 2.20. The first kappa shape index (κ1) is 22.4. The topological polar surface area (TPSA) is 98.1 Å². The average molecular weight is 440 g/mol. The molecule has 0 spiro atoms. The summed E-state index contributed by atoms with van der Waals surface area (Å²) in [5.41, 5.74) is 2.26. The average Bonchev–Trinajstić information content (AvgIpc) is 3.19. The van der Waals surface area contributed by atoms with E-state index >= 15 is 0 Å². The number of nitrogens with one attached hydrogen (secondary N) is 2. The maximum Gasteiger partial charge on any atom is 0.255 e. The van der Waals surface area contributed by atoms with Crippen LogP contribution < -0.4 is 15.4 Å². The summed E-state index contributed by atoms with van der Waals surface area (Å²) in [5.74, 6) is 0.964. The fourth-order valence-corrected chi connectivity index (χ4v) is 3.81. The molecular formula is C22H25N5O3S. The predicted molar refractivity (Wildman–Crippen MR) is 120 cm³/mol. The summed E-state index contributed by atoms with van der Waals surface area (Å²) in [6.45, 7) is 4.75. The number of ether oxygens (including phenoxy) is 1. The molecule has 1 aromatic heterocycles. The number of carbonyl (C=O) groups is 2. The third kappa shape index (κ3) is 5.64. The molecule has 0 aliphatic rings. The van der Waals surface area contributed by atoms with Gasteiger partial charge >= 0.3 is 0 Å². The van der Waals surface area contributed by atoms with Gasteiger partial charge in [0.2, 0.25) is 5.91 Å². The lowest BCUT2D eigenvalue weighted by molar-refractivity contribution is -0.113. The molecule has 0 radical (unpaired) electrons. The molecule has 162 valence electrons. The third-order valence-corrected chi connectivity index (χ3v) is 5.59. The SMILES string of the molecule is CCn1c(CNC(=O)c2ccccc2OC)nnc1SCC(=O)Nc1ccccc1C. The lowest BCUT2D eigenvalue weighted by atomic mass is 10.2. The molecule has 0 bridgehead atoms. The molecule has 2 N–H and O–H groups in total. The molecule has 1 heterocycles. The van der Waals surface area contributed by atoms with Gasteiger partial charge in [0.15, 0.2) is 11.0 Å². The van der Waals surface area contributed by atoms with E-state index in [1.54, 1.807) is 18.2 Å². The summed E-state index contributed by atoms with van der Waals surface area (Å²) in [6.07, 6.45) is 0. The number of amides is 2. The minimum Gasteiger partial charge on any atom is -0.496 e. The van der Waals surface area contributed by atoms with Gasteiger partial charge in [0.25, 0.3) is 5.91 Å². The first-order valence-electron chi connectivity index (χ1n) is 9.85. The number of carbonyl (C=O) groups excluding carboxylic acids is 2. The monoisotopic (exact) mass is 439 g/mol. The van der Waals surface area contributed by atoms with Crippen molar-refractivity contribution in [3.8, 4) is 5.75 Å². The van der Waals surface area contributed by atoms with Crippen molar-refractivity contribution in [3.05, 3.63) is 65.5 Å². The number of benzene rings is 2. The van der Waals surface area contributed by atoms with Crippen LogP contribution in [0.1, 0.15) is 28.7 Å². The van der Waals surface area contributed by atoms with E-state index in [1.165, 1.54) is 18.9 Å². The van der Waals surface area contributed by atoms with Gasteiger partial charge in [0, 0.05) is 12.2 Å². The Bertz CT molecular complexity index is 1070. The van der Waals surface area contributed by atoms with Crippen LogP contribution in [-0.4, -0.2) is 39.4 Å². The second-order valence-corrected chi connectivity index (χ2v) is 7.62. The number of methoxy groups -OCH3 is 1. The van der Waals surface area contributed by atoms with Crippen molar-refractivity contribution >= 4 is 29.3 Å². The molecule has 3 aromatic rings. The highest BCUT2D eigenvalue weighted by Gasteiger charge is 2.16. The van der Waals surface area contributed by atoms with E-state index in [9.17, 15) is 9.59 Å². The third-order valence-electron chi connectivity index (χ3n) is 4.62. The van der Waals surface area contributed by atoms with Crippen LogP contribution >= 0.6 is 11.8 Å². The minimum atomic E-state index is -0.255. The normalized spacial score (nSPS) is 10.5. The molecule has 0 aliphatic carbocycles. The molecule has 3 rings (SSSR count). The lowest BCUT2D eigenvalue weighted by Crippen LogP contribution is -2.25. The zero-order valence-corrected chi connectivity index (χ0v) is 18.5. The Morgan fingerprint density at radius 3 is 2.58 bits per heavy atom. The van der Waals surface area contributed by atoms with Crippen LogP contribution in [-0.2, 0) is 17.9 Å². The summed E-state index contributed by atoms with van der Waals surface area (Å²) in [4.78, 5) is 24.8. The smallest absolute Gasteiger partial charge is 0.255 e. The van der Waals surface area contributed by atoms with Gasteiger partial charge in [-0.15, -0.1) is 10.2 Å². The molecule has 2 aromatic carbocycles. The fourth-order valence-electron chi connectivity index (χ4n) is 2.99. The van der Waals surface area contributed by atoms with Crippen LogP contribution in [0.3, 0.4) is 0 Å². The number of rotatable bonds is 9. The van der Waals surface area contributed by atoms with Crippen LogP contribution in [0.5, 0.6) is 5.75 Å². The maximum absolute atomic E-state index is 12.5. The summed E-state index contributed by atoms with van der Waals surface area (Å²) in [5, 5.41) is 14.8. The molecule has 9 heteroatoms. The number of nitrogens with zero attached hydrogens (tertiary/aromatic N) is 3. The Balaban J connectivity index is 1.59. The van der Waals surface area contributed by atoms with Gasteiger partial charge in [0.05, 0.1) is 25.0 Å². The van der Waals surface area contributed by atoms with Gasteiger partial charge in [0.1, 0.15) is 5.75 Å². The zero-order valence-electron chi connectivity index (χ0n) is 17.7. The van der Waals surface area contributed by atoms with Gasteiger partial charge in [-0.3, -0.25) is 9.59 Å². The van der Waals surface area contributed by atoms with E-state index in [0.717, 1.165) is 11.3 Å². The minimum absolute atomic E-state index is 0.115. The molecule has 31 heavy (non-hydrogen) atoms. The van der Waals surface area contributed by atoms with Gasteiger partial charge in [-0.2, -0.15) is 0 Å². The van der Waals surface area contributed by atoms with Crippen molar-refractivity contribution in [1.29, 1.82) is 0 Å². The van der Waals surface area contributed by atoms with Crippen LogP contribution in [0, 0.1) is 6.92 Å². The Kier molecular flexibility index (Phi) is 7.66. The standard InChI is InChI=1S/C22H25N5O3S/c1-4-27-19(13-23-21(29)16-10-6-8-12-18(16)30-3)25-26-22(27)31-14-20(28)24-17-11-7-5-9-15(17)2/h5-12H,4,13-14H2,1-3H3,(H,23,29)(H,24,28). The van der Waals surface area contributed by atoms with Crippen molar-refractivity contribution in [3.63, 3.8) is 0 Å². The second-order valence-electron chi connectivity index (χ2n) is 6.68. The highest BCUT2D eigenvalue weighted by atomic mass is 32.2.